The van der Waals surface area contributed by atoms with Gasteiger partial charge in [-0.05, 0) is 11.8 Å². The predicted octanol–water partition coefficient (Wildman–Crippen LogP) is 3.66. The van der Waals surface area contributed by atoms with E-state index in [1.165, 1.54) is 60.8 Å². The summed E-state index contributed by atoms with van der Waals surface area (Å²) in [6.07, 6.45) is 10.2. The predicted molar refractivity (Wildman–Crippen MR) is 163 cm³/mol. The molecule has 0 heterocycles. The fraction of sp³-hybridized carbons (Fsp3) is 0.389. The Hall–Kier alpha value is -1.18. The first-order chi connectivity index (χ1) is 18.5. The van der Waals surface area contributed by atoms with E-state index >= 15 is 0 Å². The molecular formula is C36H44Cl2SiZr-2. The maximum absolute atomic E-state index is 2.44. The van der Waals surface area contributed by atoms with E-state index in [1.54, 1.807) is 45.6 Å². The third-order valence-electron chi connectivity index (χ3n) is 7.99. The molecule has 2 atom stereocenters. The van der Waals surface area contributed by atoms with Crippen LogP contribution in [0.1, 0.15) is 95.9 Å². The molecule has 4 aromatic carbocycles. The summed E-state index contributed by atoms with van der Waals surface area (Å²) < 4.78 is 0. The van der Waals surface area contributed by atoms with Crippen molar-refractivity contribution >= 4 is 5.43 Å². The standard InChI is InChI=1S/2C17H19.C2H6Si.2ClH.Zr/c2*1-2-13-11-15-9-6-10-16(17(15)12-13)14-7-4-3-5-8-14;1-3-2;;;/h2*3-5,7-8,11-12,16H,2,6,9-10H2,1H3;1-2H3;2*1H;/q2*-1;;;;+2/p-2. The van der Waals surface area contributed by atoms with Crippen LogP contribution < -0.4 is 24.8 Å². The summed E-state index contributed by atoms with van der Waals surface area (Å²) in [6, 6.07) is 31.7. The van der Waals surface area contributed by atoms with Gasteiger partial charge in [-0.25, -0.2) is 12.1 Å². The molecule has 4 aromatic rings. The molecule has 0 saturated carbocycles. The molecule has 2 aliphatic rings. The summed E-state index contributed by atoms with van der Waals surface area (Å²) in [6.45, 7) is 9.11. The van der Waals surface area contributed by atoms with Crippen LogP contribution in [0.15, 0.2) is 84.9 Å². The molecule has 2 unspecified atom stereocenters. The van der Waals surface area contributed by atoms with Crippen LogP contribution in [-0.2, 0) is 49.0 Å². The number of rotatable bonds is 4. The number of fused-ring (bicyclic) bond motifs is 2. The minimum absolute atomic E-state index is 0. The minimum atomic E-state index is 0. The molecule has 0 radical (unpaired) electrons. The summed E-state index contributed by atoms with van der Waals surface area (Å²) in [5.74, 6) is 1.28. The van der Waals surface area contributed by atoms with E-state index in [4.69, 9.17) is 0 Å². The first-order valence-electron chi connectivity index (χ1n) is 14.7. The Labute approximate surface area is 271 Å². The topological polar surface area (TPSA) is 0 Å². The molecule has 0 aromatic heterocycles. The van der Waals surface area contributed by atoms with E-state index < -0.39 is 0 Å². The first kappa shape index (κ1) is 35.0. The van der Waals surface area contributed by atoms with Crippen molar-refractivity contribution in [2.75, 3.05) is 0 Å². The van der Waals surface area contributed by atoms with Gasteiger partial charge in [-0.3, -0.25) is 0 Å². The van der Waals surface area contributed by atoms with Crippen LogP contribution in [0.5, 0.6) is 0 Å². The normalized spacial score (nSPS) is 16.9. The second-order valence-corrected chi connectivity index (χ2v) is 20.5. The Bertz CT molecular complexity index is 1190. The molecule has 0 N–H and O–H groups in total. The van der Waals surface area contributed by atoms with Crippen molar-refractivity contribution in [2.24, 2.45) is 0 Å². The molecule has 40 heavy (non-hydrogen) atoms. The summed E-state index contributed by atoms with van der Waals surface area (Å²) in [4.78, 5) is 0. The van der Waals surface area contributed by atoms with Gasteiger partial charge in [0.2, 0.25) is 0 Å². The van der Waals surface area contributed by atoms with Crippen LogP contribution in [0, 0.1) is 0 Å². The van der Waals surface area contributed by atoms with Crippen LogP contribution in [0.25, 0.3) is 0 Å². The Balaban J connectivity index is 0.000000237. The summed E-state index contributed by atoms with van der Waals surface area (Å²) >= 11 is 1.74. The van der Waals surface area contributed by atoms with Crippen LogP contribution in [-0.4, -0.2) is 5.43 Å². The van der Waals surface area contributed by atoms with Crippen molar-refractivity contribution in [1.29, 1.82) is 0 Å². The van der Waals surface area contributed by atoms with Gasteiger partial charge < -0.3 is 24.8 Å². The van der Waals surface area contributed by atoms with Crippen molar-refractivity contribution in [1.82, 2.24) is 0 Å². The molecule has 6 rings (SSSR count). The van der Waals surface area contributed by atoms with E-state index in [0.29, 0.717) is 11.8 Å². The van der Waals surface area contributed by atoms with E-state index in [2.05, 4.69) is 112 Å². The summed E-state index contributed by atoms with van der Waals surface area (Å²) in [5.41, 5.74) is 12.6. The van der Waals surface area contributed by atoms with Gasteiger partial charge in [0.05, 0.1) is 0 Å². The van der Waals surface area contributed by atoms with E-state index in [0.717, 1.165) is 12.8 Å². The maximum atomic E-state index is 2.44. The molecule has 0 nitrogen and oxygen atoms in total. The second kappa shape index (κ2) is 17.7. The van der Waals surface area contributed by atoms with Gasteiger partial charge in [0.1, 0.15) is 0 Å². The Kier molecular flexibility index (Phi) is 15.5. The molecule has 0 saturated heterocycles. The smallest absolute Gasteiger partial charge is 1.00 e. The molecule has 0 spiro atoms. The first-order valence-corrected chi connectivity index (χ1v) is 20.9. The van der Waals surface area contributed by atoms with Crippen LogP contribution in [0.2, 0.25) is 13.1 Å². The maximum Gasteiger partial charge on any atom is -1.00 e. The van der Waals surface area contributed by atoms with E-state index in [9.17, 15) is 0 Å². The van der Waals surface area contributed by atoms with Crippen molar-refractivity contribution in [3.05, 3.63) is 129 Å². The Morgan fingerprint density at radius 1 is 0.675 bits per heavy atom. The second-order valence-electron chi connectivity index (χ2n) is 11.1. The van der Waals surface area contributed by atoms with Crippen LogP contribution in [0.4, 0.5) is 0 Å². The van der Waals surface area contributed by atoms with Gasteiger partial charge in [0.25, 0.3) is 0 Å². The van der Waals surface area contributed by atoms with Crippen LogP contribution in [0.3, 0.4) is 0 Å². The molecule has 4 heteroatoms. The average Bonchev–Trinajstić information content (AvgIpc) is 3.58. The van der Waals surface area contributed by atoms with Crippen molar-refractivity contribution in [2.45, 2.75) is 90.1 Å². The zero-order chi connectivity index (χ0) is 26.9. The molecule has 212 valence electrons. The van der Waals surface area contributed by atoms with Crippen molar-refractivity contribution < 1.29 is 48.1 Å². The number of benzene rings is 2. The molecule has 0 amide bonds. The van der Waals surface area contributed by atoms with Crippen LogP contribution >= 0.6 is 0 Å². The van der Waals surface area contributed by atoms with Gasteiger partial charge in [-0.15, -0.1) is 0 Å². The van der Waals surface area contributed by atoms with Crippen molar-refractivity contribution in [3.8, 4) is 0 Å². The quantitative estimate of drug-likeness (QED) is 0.231. The van der Waals surface area contributed by atoms with Gasteiger partial charge in [0.15, 0.2) is 0 Å². The molecule has 0 bridgehead atoms. The zero-order valence-corrected chi connectivity index (χ0v) is 29.6. The molecule has 0 aliphatic heterocycles. The van der Waals surface area contributed by atoms with Gasteiger partial charge in [-0.1, -0.05) is 137 Å². The third-order valence-corrected chi connectivity index (χ3v) is 7.99. The average molecular weight is 667 g/mol. The van der Waals surface area contributed by atoms with E-state index in [-0.39, 0.29) is 30.2 Å². The number of hydrogen-bond acceptors (Lipinski definition) is 0. The monoisotopic (exact) mass is 664 g/mol. The minimum Gasteiger partial charge on any atom is -1.00 e. The summed E-state index contributed by atoms with van der Waals surface area (Å²) in [7, 11) is 0. The Morgan fingerprint density at radius 2 is 1.02 bits per heavy atom. The number of hydrogen-bond donors (Lipinski definition) is 0. The van der Waals surface area contributed by atoms with Gasteiger partial charge >= 0.3 is 41.9 Å². The molecule has 2 aliphatic carbocycles. The molecule has 0 fully saturated rings. The van der Waals surface area contributed by atoms with Crippen molar-refractivity contribution in [3.63, 3.8) is 0 Å². The van der Waals surface area contributed by atoms with Gasteiger partial charge in [-0.2, -0.15) is 45.5 Å². The molecular weight excluding hydrogens is 623 g/mol. The largest absolute Gasteiger partial charge is 1.00 e. The zero-order valence-electron chi connectivity index (χ0n) is 24.7. The number of halogens is 2. The Morgan fingerprint density at radius 3 is 1.35 bits per heavy atom. The SMILES string of the molecule is CCc1cc2c([cH-]1)CCCC2c1ccccc1.CCc1cc2c([cH-]1)CCCC2c1ccccc1.C[Si](C)=[Zr+2].[Cl-].[Cl-]. The van der Waals surface area contributed by atoms with E-state index in [1.807, 2.05) is 0 Å². The fourth-order valence-electron chi connectivity index (χ4n) is 6.14. The van der Waals surface area contributed by atoms with Gasteiger partial charge in [0, 0.05) is 0 Å². The summed E-state index contributed by atoms with van der Waals surface area (Å²) in [5, 5.41) is 0. The number of aryl methyl sites for hydroxylation is 4. The fourth-order valence-corrected chi connectivity index (χ4v) is 6.14. The third kappa shape index (κ3) is 9.42.